The van der Waals surface area contributed by atoms with Crippen molar-refractivity contribution in [1.29, 1.82) is 0 Å². The lowest BCUT2D eigenvalue weighted by Gasteiger charge is -2.20. The van der Waals surface area contributed by atoms with Crippen LogP contribution in [-0.2, 0) is 4.79 Å². The van der Waals surface area contributed by atoms with Crippen LogP contribution in [0.5, 0.6) is 0 Å². The average molecular weight is 530 g/mol. The molecule has 1 aliphatic carbocycles. The van der Waals surface area contributed by atoms with E-state index in [0.717, 1.165) is 19.9 Å². The highest BCUT2D eigenvalue weighted by Crippen LogP contribution is 2.51. The Bertz CT molecular complexity index is 654. The third-order valence-corrected chi connectivity index (χ3v) is 5.52. The second-order valence-electron chi connectivity index (χ2n) is 6.51. The van der Waals surface area contributed by atoms with Crippen molar-refractivity contribution in [2.24, 2.45) is 4.99 Å². The topological polar surface area (TPSA) is 56.7 Å². The van der Waals surface area contributed by atoms with Crippen molar-refractivity contribution in [3.05, 3.63) is 30.3 Å². The van der Waals surface area contributed by atoms with Crippen molar-refractivity contribution in [3.8, 4) is 0 Å². The molecule has 0 unspecified atom stereocenters. The van der Waals surface area contributed by atoms with E-state index in [0.29, 0.717) is 23.9 Å². The van der Waals surface area contributed by atoms with E-state index in [-0.39, 0.29) is 35.3 Å². The summed E-state index contributed by atoms with van der Waals surface area (Å²) in [6.45, 7) is 1.55. The van der Waals surface area contributed by atoms with Crippen molar-refractivity contribution in [3.63, 3.8) is 0 Å². The highest BCUT2D eigenvalue weighted by molar-refractivity contribution is 14.0. The van der Waals surface area contributed by atoms with Gasteiger partial charge in [0, 0.05) is 29.8 Å². The number of amides is 1. The minimum atomic E-state index is -4.41. The molecule has 0 aliphatic heterocycles. The van der Waals surface area contributed by atoms with Gasteiger partial charge in [0.2, 0.25) is 5.91 Å². The monoisotopic (exact) mass is 530 g/mol. The van der Waals surface area contributed by atoms with Crippen LogP contribution >= 0.6 is 35.7 Å². The zero-order valence-corrected chi connectivity index (χ0v) is 19.0. The number of likely N-dealkylation sites (N-methyl/N-ethyl adjacent to an activating group) is 1. The van der Waals surface area contributed by atoms with Crippen LogP contribution in [0, 0.1) is 0 Å². The van der Waals surface area contributed by atoms with E-state index < -0.39 is 18.6 Å². The first-order chi connectivity index (χ1) is 12.7. The Morgan fingerprint density at radius 3 is 2.43 bits per heavy atom. The predicted molar refractivity (Wildman–Crippen MR) is 117 cm³/mol. The molecule has 0 radical (unpaired) electrons. The van der Waals surface area contributed by atoms with Gasteiger partial charge in [-0.1, -0.05) is 18.2 Å². The van der Waals surface area contributed by atoms with Gasteiger partial charge in [0.15, 0.2) is 5.96 Å². The minimum absolute atomic E-state index is 0. The molecule has 1 fully saturated rings. The molecule has 28 heavy (non-hydrogen) atoms. The van der Waals surface area contributed by atoms with Gasteiger partial charge in [0.1, 0.15) is 13.1 Å². The molecule has 0 bridgehead atoms. The molecule has 0 saturated heterocycles. The van der Waals surface area contributed by atoms with Crippen LogP contribution in [0.15, 0.2) is 40.2 Å². The highest BCUT2D eigenvalue weighted by atomic mass is 127. The second kappa shape index (κ2) is 11.1. The van der Waals surface area contributed by atoms with Gasteiger partial charge in [-0.25, -0.2) is 4.99 Å². The quantitative estimate of drug-likeness (QED) is 0.307. The Morgan fingerprint density at radius 2 is 1.89 bits per heavy atom. The Kier molecular flexibility index (Phi) is 9.88. The van der Waals surface area contributed by atoms with Gasteiger partial charge in [0.05, 0.1) is 0 Å². The second-order valence-corrected chi connectivity index (χ2v) is 8.05. The largest absolute Gasteiger partial charge is 0.406 e. The van der Waals surface area contributed by atoms with Crippen LogP contribution in [0.25, 0.3) is 0 Å². The lowest BCUT2D eigenvalue weighted by molar-refractivity contribution is -0.157. The molecule has 1 aromatic carbocycles. The molecule has 1 aliphatic rings. The summed E-state index contributed by atoms with van der Waals surface area (Å²) >= 11 is 1.81. The maximum atomic E-state index is 12.4. The van der Waals surface area contributed by atoms with Gasteiger partial charge in [0.25, 0.3) is 0 Å². The number of rotatable bonds is 8. The number of guanidine groups is 1. The maximum Gasteiger partial charge on any atom is 0.406 e. The van der Waals surface area contributed by atoms with Crippen molar-refractivity contribution in [2.75, 3.05) is 33.2 Å². The number of hydrogen-bond donors (Lipinski definition) is 2. The molecular formula is C18H26F3IN4OS. The number of carbonyl (C=O) groups is 1. The SMILES string of the molecule is CCNC(=NCC(=O)N(C)CC(F)(F)F)NCC1(Sc2ccccc2)CC1.I. The number of alkyl halides is 3. The van der Waals surface area contributed by atoms with E-state index in [1.807, 2.05) is 36.9 Å². The number of carbonyl (C=O) groups excluding carboxylic acids is 1. The summed E-state index contributed by atoms with van der Waals surface area (Å²) in [6.07, 6.45) is -2.26. The van der Waals surface area contributed by atoms with Crippen molar-refractivity contribution < 1.29 is 18.0 Å². The lowest BCUT2D eigenvalue weighted by atomic mass is 10.4. The first kappa shape index (κ1) is 24.9. The molecule has 0 heterocycles. The molecule has 1 amide bonds. The van der Waals surface area contributed by atoms with Crippen LogP contribution in [0.2, 0.25) is 0 Å². The summed E-state index contributed by atoms with van der Waals surface area (Å²) in [5, 5.41) is 6.24. The third kappa shape index (κ3) is 8.89. The number of thioether (sulfide) groups is 1. The Morgan fingerprint density at radius 1 is 1.25 bits per heavy atom. The van der Waals surface area contributed by atoms with E-state index in [2.05, 4.69) is 27.8 Å². The van der Waals surface area contributed by atoms with Gasteiger partial charge in [-0.05, 0) is 31.9 Å². The number of nitrogens with zero attached hydrogens (tertiary/aromatic N) is 2. The van der Waals surface area contributed by atoms with Crippen LogP contribution in [0.4, 0.5) is 13.2 Å². The molecule has 2 rings (SSSR count). The van der Waals surface area contributed by atoms with E-state index in [9.17, 15) is 18.0 Å². The van der Waals surface area contributed by atoms with Crippen LogP contribution in [0.1, 0.15) is 19.8 Å². The van der Waals surface area contributed by atoms with Crippen LogP contribution < -0.4 is 10.6 Å². The van der Waals surface area contributed by atoms with Gasteiger partial charge in [-0.3, -0.25) is 4.79 Å². The molecular weight excluding hydrogens is 504 g/mol. The van der Waals surface area contributed by atoms with Crippen molar-refractivity contribution >= 4 is 47.6 Å². The standard InChI is InChI=1S/C18H25F3N4OS.HI/c1-3-22-16(23-11-15(26)25(2)13-18(19,20)21)24-12-17(9-10-17)27-14-7-5-4-6-8-14;/h4-8H,3,9-13H2,1-2H3,(H2,22,23,24);1H. The Labute approximate surface area is 184 Å². The van der Waals surface area contributed by atoms with Crippen LogP contribution in [0.3, 0.4) is 0 Å². The van der Waals surface area contributed by atoms with E-state index in [1.54, 1.807) is 0 Å². The molecule has 1 aromatic rings. The van der Waals surface area contributed by atoms with Crippen molar-refractivity contribution in [2.45, 2.75) is 35.6 Å². The summed E-state index contributed by atoms with van der Waals surface area (Å²) in [6, 6.07) is 10.1. The first-order valence-electron chi connectivity index (χ1n) is 8.80. The highest BCUT2D eigenvalue weighted by Gasteiger charge is 2.43. The van der Waals surface area contributed by atoms with E-state index in [4.69, 9.17) is 0 Å². The maximum absolute atomic E-state index is 12.4. The van der Waals surface area contributed by atoms with E-state index >= 15 is 0 Å². The number of benzene rings is 1. The fraction of sp³-hybridized carbons (Fsp3) is 0.556. The molecule has 1 saturated carbocycles. The third-order valence-electron chi connectivity index (χ3n) is 4.02. The van der Waals surface area contributed by atoms with Crippen molar-refractivity contribution in [1.82, 2.24) is 15.5 Å². The summed E-state index contributed by atoms with van der Waals surface area (Å²) < 4.78 is 37.2. The van der Waals surface area contributed by atoms with Gasteiger partial charge in [-0.2, -0.15) is 13.2 Å². The van der Waals surface area contributed by atoms with Crippen LogP contribution in [-0.4, -0.2) is 60.9 Å². The molecule has 5 nitrogen and oxygen atoms in total. The molecule has 2 N–H and O–H groups in total. The van der Waals surface area contributed by atoms with Gasteiger partial charge < -0.3 is 15.5 Å². The zero-order chi connectivity index (χ0) is 19.9. The average Bonchev–Trinajstić information content (AvgIpc) is 3.36. The predicted octanol–water partition coefficient (Wildman–Crippen LogP) is 3.51. The molecule has 0 atom stereocenters. The van der Waals surface area contributed by atoms with Gasteiger partial charge in [-0.15, -0.1) is 35.7 Å². The normalized spacial score (nSPS) is 15.4. The Hall–Kier alpha value is -1.17. The summed E-state index contributed by atoms with van der Waals surface area (Å²) in [5.74, 6) is -0.240. The zero-order valence-electron chi connectivity index (χ0n) is 15.9. The molecule has 10 heteroatoms. The summed E-state index contributed by atoms with van der Waals surface area (Å²) in [5.41, 5.74) is 0. The number of hydrogen-bond acceptors (Lipinski definition) is 3. The Balaban J connectivity index is 0.00000392. The smallest absolute Gasteiger partial charge is 0.357 e. The summed E-state index contributed by atoms with van der Waals surface area (Å²) in [7, 11) is 1.13. The fourth-order valence-electron chi connectivity index (χ4n) is 2.40. The van der Waals surface area contributed by atoms with Gasteiger partial charge >= 0.3 is 6.18 Å². The van der Waals surface area contributed by atoms with E-state index in [1.165, 1.54) is 4.90 Å². The minimum Gasteiger partial charge on any atom is -0.357 e. The first-order valence-corrected chi connectivity index (χ1v) is 9.62. The molecule has 158 valence electrons. The number of nitrogens with one attached hydrogen (secondary N) is 2. The number of halogens is 4. The number of aliphatic imine (C=N–C) groups is 1. The molecule has 0 aromatic heterocycles. The molecule has 0 spiro atoms. The lowest BCUT2D eigenvalue weighted by Crippen LogP contribution is -2.42. The summed E-state index contributed by atoms with van der Waals surface area (Å²) in [4.78, 5) is 17.8. The fourth-order valence-corrected chi connectivity index (χ4v) is 3.65.